The Balaban J connectivity index is 3.49. The average molecular weight is 451 g/mol. The van der Waals surface area contributed by atoms with Crippen LogP contribution in [0.15, 0.2) is 35.6 Å². The molecule has 7 nitrogen and oxygen atoms in total. The number of amides is 1. The molecule has 2 N–H and O–H groups in total. The summed E-state index contributed by atoms with van der Waals surface area (Å²) >= 11 is 0. The van der Waals surface area contributed by atoms with Gasteiger partial charge in [0.25, 0.3) is 16.0 Å². The van der Waals surface area contributed by atoms with E-state index >= 15 is 0 Å². The minimum atomic E-state index is -6.44. The Kier molecular flexibility index (Phi) is 6.96. The van der Waals surface area contributed by atoms with Crippen molar-refractivity contribution >= 4 is 22.0 Å². The number of hydrogen-bond acceptors (Lipinski definition) is 5. The van der Waals surface area contributed by atoms with E-state index in [9.17, 15) is 44.3 Å². The fourth-order valence-corrected chi connectivity index (χ4v) is 3.07. The van der Waals surface area contributed by atoms with Crippen molar-refractivity contribution < 1.29 is 53.6 Å². The van der Waals surface area contributed by atoms with E-state index in [0.717, 1.165) is 6.08 Å². The lowest BCUT2D eigenvalue weighted by molar-refractivity contribution is -0.360. The van der Waals surface area contributed by atoms with Crippen molar-refractivity contribution in [3.8, 4) is 0 Å². The Morgan fingerprint density at radius 2 is 1.72 bits per heavy atom. The van der Waals surface area contributed by atoms with Crippen LogP contribution in [0.25, 0.3) is 0 Å². The van der Waals surface area contributed by atoms with Crippen molar-refractivity contribution in [2.75, 3.05) is 5.75 Å². The van der Waals surface area contributed by atoms with Gasteiger partial charge in [-0.15, -0.1) is 0 Å². The van der Waals surface area contributed by atoms with Gasteiger partial charge in [-0.2, -0.15) is 34.8 Å². The molecule has 1 rings (SSSR count). The van der Waals surface area contributed by atoms with Gasteiger partial charge in [0.2, 0.25) is 0 Å². The van der Waals surface area contributed by atoms with Crippen LogP contribution in [0.1, 0.15) is 19.8 Å². The number of carbonyl (C=O) groups is 2. The highest BCUT2D eigenvalue weighted by Crippen LogP contribution is 2.47. The number of esters is 1. The Morgan fingerprint density at radius 1 is 1.21 bits per heavy atom. The lowest BCUT2D eigenvalue weighted by Crippen LogP contribution is -2.63. The fourth-order valence-electron chi connectivity index (χ4n) is 2.17. The van der Waals surface area contributed by atoms with E-state index in [1.807, 2.05) is 0 Å². The number of allylic oxidation sites excluding steroid dienone is 2. The molecule has 0 saturated heterocycles. The van der Waals surface area contributed by atoms with Crippen LogP contribution in [-0.4, -0.2) is 48.6 Å². The summed E-state index contributed by atoms with van der Waals surface area (Å²) < 4.78 is 114. The number of nitrogens with one attached hydrogen (secondary N) is 1. The molecule has 0 fully saturated rings. The highest BCUT2D eigenvalue weighted by atomic mass is 32.2. The molecule has 14 heteroatoms. The first kappa shape index (κ1) is 24.7. The van der Waals surface area contributed by atoms with Crippen molar-refractivity contribution in [1.82, 2.24) is 5.32 Å². The Morgan fingerprint density at radius 3 is 2.14 bits per heavy atom. The van der Waals surface area contributed by atoms with Crippen molar-refractivity contribution in [3.05, 3.63) is 35.6 Å². The normalized spacial score (nSPS) is 15.9. The summed E-state index contributed by atoms with van der Waals surface area (Å²) in [6.45, 7) is 4.54. The number of hydrogen-bond donors (Lipinski definition) is 2. The first-order valence-corrected chi connectivity index (χ1v) is 9.21. The molecule has 0 heterocycles. The maximum absolute atomic E-state index is 13.3. The molecule has 0 spiro atoms. The van der Waals surface area contributed by atoms with E-state index in [1.165, 1.54) is 13.0 Å². The number of carbonyl (C=O) groups excluding carboxylic acids is 2. The molecular weight excluding hydrogens is 436 g/mol. The van der Waals surface area contributed by atoms with Crippen molar-refractivity contribution in [1.29, 1.82) is 0 Å². The highest BCUT2D eigenvalue weighted by Gasteiger charge is 2.76. The van der Waals surface area contributed by atoms with Gasteiger partial charge in [0.15, 0.2) is 0 Å². The summed E-state index contributed by atoms with van der Waals surface area (Å²) in [6.07, 6.45) is -10.8. The van der Waals surface area contributed by atoms with Gasteiger partial charge in [-0.05, 0) is 25.8 Å². The van der Waals surface area contributed by atoms with E-state index in [0.29, 0.717) is 0 Å². The lowest BCUT2D eigenvalue weighted by atomic mass is 10.0. The van der Waals surface area contributed by atoms with Gasteiger partial charge in [-0.25, -0.2) is 4.79 Å². The minimum Gasteiger partial charge on any atom is -0.435 e. The second kappa shape index (κ2) is 8.18. The summed E-state index contributed by atoms with van der Waals surface area (Å²) in [4.78, 5) is 23.9. The summed E-state index contributed by atoms with van der Waals surface area (Å²) in [5.74, 6) is -6.02. The van der Waals surface area contributed by atoms with Gasteiger partial charge in [0.1, 0.15) is 5.75 Å². The van der Waals surface area contributed by atoms with Crippen LogP contribution in [0.3, 0.4) is 0 Å². The van der Waals surface area contributed by atoms with Gasteiger partial charge in [-0.1, -0.05) is 12.7 Å². The second-order valence-corrected chi connectivity index (χ2v) is 7.46. The Labute approximate surface area is 160 Å². The van der Waals surface area contributed by atoms with Crippen LogP contribution in [0.4, 0.5) is 26.3 Å². The van der Waals surface area contributed by atoms with E-state index in [-0.39, 0.29) is 12.0 Å². The zero-order chi connectivity index (χ0) is 22.8. The molecule has 29 heavy (non-hydrogen) atoms. The van der Waals surface area contributed by atoms with Gasteiger partial charge in [0, 0.05) is 5.57 Å². The molecule has 0 radical (unpaired) electrons. The highest BCUT2D eigenvalue weighted by molar-refractivity contribution is 7.85. The third-order valence-corrected chi connectivity index (χ3v) is 4.39. The van der Waals surface area contributed by atoms with Gasteiger partial charge >= 0.3 is 23.9 Å². The quantitative estimate of drug-likeness (QED) is 0.278. The minimum absolute atomic E-state index is 0.0141. The van der Waals surface area contributed by atoms with Crippen LogP contribution < -0.4 is 5.32 Å². The Hall–Kier alpha value is -2.35. The fraction of sp³-hybridized carbons (Fsp3) is 0.467. The van der Waals surface area contributed by atoms with Crippen molar-refractivity contribution in [3.63, 3.8) is 0 Å². The topological polar surface area (TPSA) is 110 Å². The number of alkyl halides is 6. The molecule has 0 atom stereocenters. The van der Waals surface area contributed by atoms with Crippen LogP contribution in [0.5, 0.6) is 0 Å². The summed E-state index contributed by atoms with van der Waals surface area (Å²) in [5.41, 5.74) is -6.78. The van der Waals surface area contributed by atoms with Crippen LogP contribution >= 0.6 is 0 Å². The van der Waals surface area contributed by atoms with E-state index < -0.39 is 63.4 Å². The Bertz CT molecular complexity index is 855. The van der Waals surface area contributed by atoms with Gasteiger partial charge < -0.3 is 10.1 Å². The molecule has 0 aromatic heterocycles. The zero-order valence-electron chi connectivity index (χ0n) is 14.6. The maximum atomic E-state index is 13.3. The first-order valence-electron chi connectivity index (χ1n) is 7.60. The summed E-state index contributed by atoms with van der Waals surface area (Å²) in [5, 5.41) is 2.08. The standard InChI is InChI=1S/C15H15F6NO6S/c1-8(2)11(23)22-10-6-4-3-5-9(10)12(24)28-13(14(16,17)18,15(19,20)21)7-29(25,26)27/h4,6H,1,3,5,7H2,2H3,(H,22,23)(H,25,26,27). The number of halogens is 6. The molecule has 1 amide bonds. The summed E-state index contributed by atoms with van der Waals surface area (Å²) in [6, 6.07) is 0. The molecule has 0 unspecified atom stereocenters. The van der Waals surface area contributed by atoms with Crippen molar-refractivity contribution in [2.24, 2.45) is 0 Å². The smallest absolute Gasteiger partial charge is 0.435 e. The van der Waals surface area contributed by atoms with Crippen molar-refractivity contribution in [2.45, 2.75) is 37.7 Å². The summed E-state index contributed by atoms with van der Waals surface area (Å²) in [7, 11) is -5.90. The third-order valence-electron chi connectivity index (χ3n) is 3.62. The molecular formula is C15H15F6NO6S. The predicted octanol–water partition coefficient (Wildman–Crippen LogP) is 2.58. The van der Waals surface area contributed by atoms with Crippen LogP contribution in [0, 0.1) is 0 Å². The molecule has 0 aliphatic heterocycles. The largest absolute Gasteiger partial charge is 0.438 e. The third kappa shape index (κ3) is 5.82. The maximum Gasteiger partial charge on any atom is 0.438 e. The molecule has 1 aliphatic rings. The molecule has 1 aliphatic carbocycles. The molecule has 0 saturated carbocycles. The molecule has 0 aromatic rings. The van der Waals surface area contributed by atoms with E-state index in [4.69, 9.17) is 4.55 Å². The van der Waals surface area contributed by atoms with Gasteiger partial charge in [0.05, 0.1) is 11.3 Å². The second-order valence-electron chi connectivity index (χ2n) is 6.01. The first-order chi connectivity index (χ1) is 12.9. The predicted molar refractivity (Wildman–Crippen MR) is 85.7 cm³/mol. The van der Waals surface area contributed by atoms with E-state index in [2.05, 4.69) is 16.6 Å². The van der Waals surface area contributed by atoms with Crippen LogP contribution in [0.2, 0.25) is 0 Å². The molecule has 0 aromatic carbocycles. The number of ether oxygens (including phenoxy) is 1. The molecule has 0 bridgehead atoms. The lowest BCUT2D eigenvalue weighted by Gasteiger charge is -2.35. The number of rotatable bonds is 6. The van der Waals surface area contributed by atoms with Crippen LogP contribution in [-0.2, 0) is 24.4 Å². The SMILES string of the molecule is C=C(C)C(=O)NC1=C(C(=O)OC(CS(=O)(=O)O)(C(F)(F)F)C(F)(F)F)CCC=C1. The average Bonchev–Trinajstić information content (AvgIpc) is 2.51. The molecule has 164 valence electrons. The van der Waals surface area contributed by atoms with Gasteiger partial charge in [-0.3, -0.25) is 9.35 Å². The monoisotopic (exact) mass is 451 g/mol. The zero-order valence-corrected chi connectivity index (χ0v) is 15.5. The van der Waals surface area contributed by atoms with E-state index in [1.54, 1.807) is 0 Å².